The van der Waals surface area contributed by atoms with E-state index in [2.05, 4.69) is 93.7 Å². The van der Waals surface area contributed by atoms with E-state index < -0.39 is 186 Å². The number of aliphatic carboxylic acids is 1. The van der Waals surface area contributed by atoms with Gasteiger partial charge in [-0.1, -0.05) is 31.9 Å². The molecule has 0 saturated heterocycles. The lowest BCUT2D eigenvalue weighted by Crippen LogP contribution is -2.62. The number of carbonyl (C=O) groups is 14. The molecule has 34 N–H and O–H groups in total. The van der Waals surface area contributed by atoms with Gasteiger partial charge < -0.3 is 131 Å². The van der Waals surface area contributed by atoms with Gasteiger partial charge in [0.15, 0.2) is 11.9 Å². The lowest BCUT2D eigenvalue weighted by molar-refractivity contribution is -0.142. The van der Waals surface area contributed by atoms with Crippen LogP contribution in [0, 0.1) is 0 Å². The van der Waals surface area contributed by atoms with Gasteiger partial charge in [0.2, 0.25) is 76.8 Å². The van der Waals surface area contributed by atoms with Crippen molar-refractivity contribution in [2.45, 2.75) is 195 Å². The third-order valence-electron chi connectivity index (χ3n) is 15.1. The van der Waals surface area contributed by atoms with Crippen LogP contribution in [-0.2, 0) is 73.5 Å². The molecule has 42 heteroatoms. The fourth-order valence-corrected chi connectivity index (χ4v) is 10.1. The first-order chi connectivity index (χ1) is 48.2. The van der Waals surface area contributed by atoms with Crippen LogP contribution in [0.2, 0.25) is 0 Å². The summed E-state index contributed by atoms with van der Waals surface area (Å²) in [5.41, 5.74) is 56.8. The summed E-state index contributed by atoms with van der Waals surface area (Å²) in [6.45, 7) is 2.40. The molecule has 0 unspecified atom stereocenters. The highest BCUT2D eigenvalue weighted by molar-refractivity contribution is 7.80. The summed E-state index contributed by atoms with van der Waals surface area (Å²) in [4.78, 5) is 197. The summed E-state index contributed by atoms with van der Waals surface area (Å²) in [7, 11) is 0. The first kappa shape index (κ1) is 90.7. The van der Waals surface area contributed by atoms with Crippen LogP contribution in [0.4, 0.5) is 0 Å². The van der Waals surface area contributed by atoms with Gasteiger partial charge in [0, 0.05) is 31.0 Å². The van der Waals surface area contributed by atoms with Crippen LogP contribution < -0.4 is 116 Å². The van der Waals surface area contributed by atoms with E-state index in [0.29, 0.717) is 24.8 Å². The van der Waals surface area contributed by atoms with Crippen molar-refractivity contribution in [1.29, 1.82) is 0 Å². The second kappa shape index (κ2) is 49.3. The average Bonchev–Trinajstić information content (AvgIpc) is 0.868. The number of aromatic hydroxyl groups is 1. The van der Waals surface area contributed by atoms with Crippen molar-refractivity contribution >= 4 is 120 Å². The van der Waals surface area contributed by atoms with Crippen LogP contribution in [0.3, 0.4) is 0 Å². The van der Waals surface area contributed by atoms with Crippen LogP contribution in [-0.4, -0.2) is 233 Å². The molecule has 1 rings (SSSR count). The molecule has 1 aromatic carbocycles. The normalized spacial score (nSPS) is 14.8. The number of carbonyl (C=O) groups excluding carboxylic acids is 13. The van der Waals surface area contributed by atoms with Gasteiger partial charge in [-0.2, -0.15) is 25.3 Å². The summed E-state index contributed by atoms with van der Waals surface area (Å²) in [6.07, 6.45) is -2.94. The minimum absolute atomic E-state index is 0.000620. The SMILES string of the molecule is CCCC[C@H](NC(=O)[C@H](CCCN=C(N)N)NC(=O)[C@H](CCC(N)=O)NC(=O)[C@H](CS)NC(=O)[C@H](CCCCN)NC(=O)[C@@H](CCN)NC(=O)[C@@H](NC(=O)[C@H](CCN)NC(=O)[C@H](CCCN=C(N)N)NC(=O)[C@H](CC(N)=O)NC(=O)[C@H](CS)NC(=O)[C@@H](N)Cc1ccc(O)cc1)[C@@H](C)O)C(=O)O. The van der Waals surface area contributed by atoms with Crippen LogP contribution in [0.5, 0.6) is 5.75 Å². The zero-order chi connectivity index (χ0) is 77.2. The number of aliphatic hydroxyl groups is 1. The van der Waals surface area contributed by atoms with Gasteiger partial charge in [-0.05, 0) is 121 Å². The number of phenols is 1. The number of unbranched alkanes of at least 4 members (excludes halogenated alkanes) is 2. The number of primary amides is 2. The van der Waals surface area contributed by atoms with E-state index in [4.69, 9.17) is 57.3 Å². The molecule has 0 aliphatic carbocycles. The van der Waals surface area contributed by atoms with Crippen molar-refractivity contribution < 1.29 is 82.4 Å². The molecule has 0 aliphatic rings. The Morgan fingerprint density at radius 1 is 0.431 bits per heavy atom. The molecule has 574 valence electrons. The summed E-state index contributed by atoms with van der Waals surface area (Å²) < 4.78 is 0. The largest absolute Gasteiger partial charge is 0.508 e. The molecule has 102 heavy (non-hydrogen) atoms. The molecule has 0 aromatic heterocycles. The fraction of sp³-hybridized carbons (Fsp3) is 0.633. The molecule has 13 amide bonds. The number of carboxylic acid groups (broad SMARTS) is 1. The molecular weight excluding hydrogens is 1380 g/mol. The van der Waals surface area contributed by atoms with Crippen molar-refractivity contribution in [3.8, 4) is 5.75 Å². The van der Waals surface area contributed by atoms with Crippen molar-refractivity contribution in [3.05, 3.63) is 29.8 Å². The molecular formula is C60H105N23O17S2. The summed E-state index contributed by atoms with van der Waals surface area (Å²) in [5.74, 6) is -16.0. The molecule has 0 spiro atoms. The van der Waals surface area contributed by atoms with Gasteiger partial charge >= 0.3 is 5.97 Å². The number of nitrogens with zero attached hydrogens (tertiary/aromatic N) is 2. The van der Waals surface area contributed by atoms with Crippen molar-refractivity contribution in [1.82, 2.24) is 58.5 Å². The maximum absolute atomic E-state index is 14.2. The lowest BCUT2D eigenvalue weighted by atomic mass is 10.0. The highest BCUT2D eigenvalue weighted by Gasteiger charge is 2.38. The van der Waals surface area contributed by atoms with E-state index >= 15 is 0 Å². The Hall–Kier alpha value is -9.36. The summed E-state index contributed by atoms with van der Waals surface area (Å²) in [6, 6.07) is -12.8. The molecule has 13 atom stereocenters. The molecule has 0 aliphatic heterocycles. The second-order valence-corrected chi connectivity index (χ2v) is 24.4. The number of nitrogens with one attached hydrogen (secondary N) is 11. The number of benzene rings is 1. The van der Waals surface area contributed by atoms with Crippen LogP contribution in [0.25, 0.3) is 0 Å². The molecule has 40 nitrogen and oxygen atoms in total. The molecule has 1 aromatic rings. The number of aliphatic hydroxyl groups excluding tert-OH is 1. The number of carboxylic acids is 1. The van der Waals surface area contributed by atoms with Crippen molar-refractivity contribution in [3.63, 3.8) is 0 Å². The Kier molecular flexibility index (Phi) is 43.8. The number of thiol groups is 2. The second-order valence-electron chi connectivity index (χ2n) is 23.7. The number of guanidine groups is 2. The smallest absolute Gasteiger partial charge is 0.326 e. The Bertz CT molecular complexity index is 3000. The maximum atomic E-state index is 14.2. The lowest BCUT2D eigenvalue weighted by Gasteiger charge is -2.29. The van der Waals surface area contributed by atoms with Gasteiger partial charge in [0.1, 0.15) is 72.2 Å². The monoisotopic (exact) mass is 1480 g/mol. The van der Waals surface area contributed by atoms with E-state index in [1.54, 1.807) is 0 Å². The molecule has 0 radical (unpaired) electrons. The summed E-state index contributed by atoms with van der Waals surface area (Å²) >= 11 is 8.38. The zero-order valence-corrected chi connectivity index (χ0v) is 59.0. The quantitative estimate of drug-likeness (QED) is 0.0125. The molecule has 0 heterocycles. The first-order valence-electron chi connectivity index (χ1n) is 32.9. The van der Waals surface area contributed by atoms with E-state index in [1.165, 1.54) is 24.3 Å². The number of hydrogen-bond acceptors (Lipinski definition) is 24. The van der Waals surface area contributed by atoms with Crippen LogP contribution in [0.1, 0.15) is 116 Å². The number of aliphatic imine (C=N–C) groups is 2. The van der Waals surface area contributed by atoms with Gasteiger partial charge in [-0.25, -0.2) is 4.79 Å². The predicted octanol–water partition coefficient (Wildman–Crippen LogP) is -9.82. The van der Waals surface area contributed by atoms with Gasteiger partial charge in [0.05, 0.1) is 18.6 Å². The number of nitrogens with two attached hydrogens (primary N) is 10. The van der Waals surface area contributed by atoms with E-state index in [0.717, 1.165) is 6.92 Å². The third-order valence-corrected chi connectivity index (χ3v) is 15.9. The van der Waals surface area contributed by atoms with Gasteiger partial charge in [0.25, 0.3) is 0 Å². The predicted molar refractivity (Wildman–Crippen MR) is 380 cm³/mol. The number of phenolic OH excluding ortho intramolecular Hbond substituents is 1. The average molecular weight is 1480 g/mol. The van der Waals surface area contributed by atoms with Crippen molar-refractivity contribution in [2.24, 2.45) is 67.3 Å². The van der Waals surface area contributed by atoms with Crippen LogP contribution in [0.15, 0.2) is 34.3 Å². The standard InChI is InChI=1S/C60H105N23O17S2/c1-3-4-9-40(58(99)100)79-49(90)36(12-8-25-72-60(69)70)74-51(92)37(17-18-44(65)86)76-55(96)43(29-102)82-50(91)34(10-5-6-21-61)73-52(93)38(19-22-62)78-57(98)46(30(2)84)83-53(94)39(20-23-63)77-48(89)35(11-7-24-71-59(67)68)75-54(95)41(27-45(66)87)80-56(97)42(28-101)81-47(88)33(64)26-31-13-15-32(85)16-14-31/h13-16,30,33-43,46,84-85,101-102H,3-12,17-29,61-64H2,1-2H3,(H2,65,86)(H2,66,87)(H,73,93)(H,74,92)(H,75,95)(H,76,96)(H,77,89)(H,78,98)(H,79,90)(H,80,97)(H,81,88)(H,82,91)(H,83,94)(H,99,100)(H4,67,68,71)(H4,69,70,72)/t30-,33+,34+,35+,36+,37+,38-,39+,40+,41+,42+,43+,46+/m1/s1. The van der Waals surface area contributed by atoms with Crippen molar-refractivity contribution in [2.75, 3.05) is 44.2 Å². The highest BCUT2D eigenvalue weighted by atomic mass is 32.1. The zero-order valence-electron chi connectivity index (χ0n) is 57.2. The Labute approximate surface area is 600 Å². The van der Waals surface area contributed by atoms with E-state index in [-0.39, 0.29) is 120 Å². The van der Waals surface area contributed by atoms with Gasteiger partial charge in [-0.3, -0.25) is 72.3 Å². The fourth-order valence-electron chi connectivity index (χ4n) is 9.55. The topological polar surface area (TPSA) is 717 Å². The maximum Gasteiger partial charge on any atom is 0.326 e. The number of rotatable bonds is 52. The highest BCUT2D eigenvalue weighted by Crippen LogP contribution is 2.13. The Balaban J connectivity index is 3.50. The van der Waals surface area contributed by atoms with Gasteiger partial charge in [-0.15, -0.1) is 0 Å². The first-order valence-corrected chi connectivity index (χ1v) is 34.2. The Morgan fingerprint density at radius 2 is 0.784 bits per heavy atom. The summed E-state index contributed by atoms with van der Waals surface area (Å²) in [5, 5.41) is 57.0. The van der Waals surface area contributed by atoms with Crippen LogP contribution >= 0.6 is 25.3 Å². The third kappa shape index (κ3) is 35.8. The molecule has 0 bridgehead atoms. The van der Waals surface area contributed by atoms with E-state index in [9.17, 15) is 82.4 Å². The Morgan fingerprint density at radius 3 is 1.17 bits per heavy atom. The molecule has 0 fully saturated rings. The molecule has 0 saturated carbocycles. The van der Waals surface area contributed by atoms with E-state index in [1.807, 2.05) is 6.92 Å². The minimum atomic E-state index is -1.90. The number of amides is 13. The minimum Gasteiger partial charge on any atom is -0.508 e. The number of hydrogen-bond donors (Lipinski definition) is 26.